The van der Waals surface area contributed by atoms with E-state index in [0.29, 0.717) is 0 Å². The number of benzene rings is 1. The van der Waals surface area contributed by atoms with Crippen molar-refractivity contribution in [3.05, 3.63) is 36.0 Å². The Morgan fingerprint density at radius 3 is 3.11 bits per heavy atom. The van der Waals surface area contributed by atoms with Gasteiger partial charge in [0.05, 0.1) is 0 Å². The molecule has 2 heteroatoms. The maximum Gasteiger partial charge on any atom is 0.0454 e. The molecule has 1 aromatic heterocycles. The number of fused-ring (bicyclic) bond motifs is 1. The maximum absolute atomic E-state index is 3.26. The Kier molecular flexibility index (Phi) is 3.37. The molecule has 1 atom stereocenters. The van der Waals surface area contributed by atoms with Crippen LogP contribution in [0.2, 0.25) is 0 Å². The van der Waals surface area contributed by atoms with Crippen LogP contribution in [0.1, 0.15) is 38.2 Å². The van der Waals surface area contributed by atoms with Crippen molar-refractivity contribution in [1.82, 2.24) is 9.88 Å². The lowest BCUT2D eigenvalue weighted by atomic mass is 9.99. The molecule has 2 aromatic rings. The van der Waals surface area contributed by atoms with Crippen LogP contribution >= 0.6 is 0 Å². The summed E-state index contributed by atoms with van der Waals surface area (Å²) in [6.45, 7) is 4.70. The molecule has 0 bridgehead atoms. The number of nitrogens with one attached hydrogen (secondary N) is 1. The van der Waals surface area contributed by atoms with Gasteiger partial charge in [-0.25, -0.2) is 0 Å². The summed E-state index contributed by atoms with van der Waals surface area (Å²) >= 11 is 0. The van der Waals surface area contributed by atoms with Gasteiger partial charge in [0.1, 0.15) is 0 Å². The lowest BCUT2D eigenvalue weighted by Gasteiger charge is -2.35. The van der Waals surface area contributed by atoms with Gasteiger partial charge >= 0.3 is 0 Å². The molecular formula is C16H22N2. The molecule has 18 heavy (non-hydrogen) atoms. The number of aromatic amines is 1. The average Bonchev–Trinajstić information content (AvgIpc) is 2.87. The van der Waals surface area contributed by atoms with Gasteiger partial charge in [-0.15, -0.1) is 0 Å². The highest BCUT2D eigenvalue weighted by atomic mass is 15.2. The summed E-state index contributed by atoms with van der Waals surface area (Å²) in [5.41, 5.74) is 2.69. The van der Waals surface area contributed by atoms with E-state index in [2.05, 4.69) is 41.1 Å². The number of H-pyrrole nitrogens is 1. The molecule has 1 fully saturated rings. The van der Waals surface area contributed by atoms with Crippen molar-refractivity contribution in [2.45, 2.75) is 45.2 Å². The molecule has 2 heterocycles. The predicted octanol–water partition coefficient (Wildman–Crippen LogP) is 3.93. The third-order valence-corrected chi connectivity index (χ3v) is 4.22. The molecule has 1 N–H and O–H groups in total. The zero-order valence-corrected chi connectivity index (χ0v) is 11.2. The lowest BCUT2D eigenvalue weighted by molar-refractivity contribution is 0.136. The van der Waals surface area contributed by atoms with Crippen LogP contribution in [0.4, 0.5) is 0 Å². The molecule has 0 amide bonds. The number of aromatic nitrogens is 1. The largest absolute Gasteiger partial charge is 0.361 e. The second-order valence-electron chi connectivity index (χ2n) is 5.43. The number of likely N-dealkylation sites (tertiary alicyclic amines) is 1. The van der Waals surface area contributed by atoms with E-state index in [1.54, 1.807) is 0 Å². The van der Waals surface area contributed by atoms with Crippen LogP contribution in [-0.4, -0.2) is 22.5 Å². The summed E-state index contributed by atoms with van der Waals surface area (Å²) in [6, 6.07) is 9.75. The minimum Gasteiger partial charge on any atom is -0.361 e. The van der Waals surface area contributed by atoms with Crippen LogP contribution in [0, 0.1) is 0 Å². The van der Waals surface area contributed by atoms with E-state index in [4.69, 9.17) is 0 Å². The molecule has 0 aliphatic carbocycles. The van der Waals surface area contributed by atoms with Gasteiger partial charge in [0.2, 0.25) is 0 Å². The third kappa shape index (κ3) is 2.30. The van der Waals surface area contributed by atoms with E-state index < -0.39 is 0 Å². The van der Waals surface area contributed by atoms with Crippen molar-refractivity contribution in [2.24, 2.45) is 0 Å². The average molecular weight is 242 g/mol. The second kappa shape index (κ2) is 5.15. The number of rotatable bonds is 3. The Bertz CT molecular complexity index is 515. The zero-order chi connectivity index (χ0) is 12.4. The molecule has 1 aromatic carbocycles. The molecule has 0 radical (unpaired) electrons. The van der Waals surface area contributed by atoms with E-state index in [9.17, 15) is 0 Å². The van der Waals surface area contributed by atoms with Crippen molar-refractivity contribution >= 4 is 10.9 Å². The standard InChI is InChI=1S/C16H22N2/c1-2-15-5-3-4-10-18(15)12-13-6-7-16-14(11-13)8-9-17-16/h6-9,11,15,17H,2-5,10,12H2,1H3. The molecule has 0 spiro atoms. The fourth-order valence-corrected chi connectivity index (χ4v) is 3.17. The van der Waals surface area contributed by atoms with E-state index in [1.807, 2.05) is 6.20 Å². The fourth-order valence-electron chi connectivity index (χ4n) is 3.17. The van der Waals surface area contributed by atoms with Crippen molar-refractivity contribution < 1.29 is 0 Å². The van der Waals surface area contributed by atoms with Gasteiger partial charge in [0.25, 0.3) is 0 Å². The third-order valence-electron chi connectivity index (χ3n) is 4.22. The monoisotopic (exact) mass is 242 g/mol. The summed E-state index contributed by atoms with van der Waals surface area (Å²) in [6.07, 6.45) is 7.45. The number of hydrogen-bond donors (Lipinski definition) is 1. The first-order valence-corrected chi connectivity index (χ1v) is 7.17. The highest BCUT2D eigenvalue weighted by Gasteiger charge is 2.20. The maximum atomic E-state index is 3.26. The van der Waals surface area contributed by atoms with E-state index in [-0.39, 0.29) is 0 Å². The predicted molar refractivity (Wildman–Crippen MR) is 76.6 cm³/mol. The van der Waals surface area contributed by atoms with Crippen LogP contribution < -0.4 is 0 Å². The number of piperidine rings is 1. The molecule has 2 nitrogen and oxygen atoms in total. The van der Waals surface area contributed by atoms with Crippen molar-refractivity contribution in [3.8, 4) is 0 Å². The molecule has 1 aliphatic heterocycles. The quantitative estimate of drug-likeness (QED) is 0.864. The van der Waals surface area contributed by atoms with Gasteiger partial charge in [0.15, 0.2) is 0 Å². The summed E-state index contributed by atoms with van der Waals surface area (Å²) in [4.78, 5) is 5.92. The Morgan fingerprint density at radius 2 is 2.22 bits per heavy atom. The Hall–Kier alpha value is -1.28. The Morgan fingerprint density at radius 1 is 1.28 bits per heavy atom. The van der Waals surface area contributed by atoms with Crippen LogP contribution in [-0.2, 0) is 6.54 Å². The van der Waals surface area contributed by atoms with Gasteiger partial charge in [-0.3, -0.25) is 4.90 Å². The highest BCUT2D eigenvalue weighted by Crippen LogP contribution is 2.23. The molecule has 1 unspecified atom stereocenters. The van der Waals surface area contributed by atoms with Gasteiger partial charge in [-0.2, -0.15) is 0 Å². The van der Waals surface area contributed by atoms with Crippen LogP contribution in [0.25, 0.3) is 10.9 Å². The van der Waals surface area contributed by atoms with E-state index in [1.165, 1.54) is 48.7 Å². The van der Waals surface area contributed by atoms with Gasteiger partial charge in [0, 0.05) is 24.3 Å². The number of nitrogens with zero attached hydrogens (tertiary/aromatic N) is 1. The normalized spacial score (nSPS) is 21.5. The topological polar surface area (TPSA) is 19.0 Å². The van der Waals surface area contributed by atoms with Gasteiger partial charge in [-0.05, 0) is 55.0 Å². The van der Waals surface area contributed by atoms with E-state index >= 15 is 0 Å². The Balaban J connectivity index is 1.77. The first kappa shape index (κ1) is 11.8. The molecular weight excluding hydrogens is 220 g/mol. The first-order chi connectivity index (χ1) is 8.86. The van der Waals surface area contributed by atoms with Crippen molar-refractivity contribution in [2.75, 3.05) is 6.54 Å². The Labute approximate surface area is 109 Å². The summed E-state index contributed by atoms with van der Waals surface area (Å²) in [5, 5.41) is 1.33. The minimum atomic E-state index is 0.792. The smallest absolute Gasteiger partial charge is 0.0454 e. The first-order valence-electron chi connectivity index (χ1n) is 7.17. The van der Waals surface area contributed by atoms with Crippen LogP contribution in [0.15, 0.2) is 30.5 Å². The molecule has 3 rings (SSSR count). The minimum absolute atomic E-state index is 0.792. The van der Waals surface area contributed by atoms with Gasteiger partial charge < -0.3 is 4.98 Å². The molecule has 0 saturated carbocycles. The van der Waals surface area contributed by atoms with E-state index in [0.717, 1.165) is 12.6 Å². The SMILES string of the molecule is CCC1CCCCN1Cc1ccc2[nH]ccc2c1. The zero-order valence-electron chi connectivity index (χ0n) is 11.2. The number of hydrogen-bond acceptors (Lipinski definition) is 1. The van der Waals surface area contributed by atoms with Crippen molar-refractivity contribution in [1.29, 1.82) is 0 Å². The second-order valence-corrected chi connectivity index (χ2v) is 5.43. The lowest BCUT2D eigenvalue weighted by Crippen LogP contribution is -2.38. The van der Waals surface area contributed by atoms with Crippen LogP contribution in [0.3, 0.4) is 0 Å². The summed E-state index contributed by atoms with van der Waals surface area (Å²) < 4.78 is 0. The summed E-state index contributed by atoms with van der Waals surface area (Å²) in [5.74, 6) is 0. The molecule has 1 aliphatic rings. The highest BCUT2D eigenvalue weighted by molar-refractivity contribution is 5.79. The summed E-state index contributed by atoms with van der Waals surface area (Å²) in [7, 11) is 0. The van der Waals surface area contributed by atoms with Gasteiger partial charge in [-0.1, -0.05) is 19.4 Å². The fraction of sp³-hybridized carbons (Fsp3) is 0.500. The van der Waals surface area contributed by atoms with Crippen LogP contribution in [0.5, 0.6) is 0 Å². The van der Waals surface area contributed by atoms with Crippen molar-refractivity contribution in [3.63, 3.8) is 0 Å². The molecule has 96 valence electrons. The molecule has 1 saturated heterocycles.